The minimum absolute atomic E-state index is 0.0220. The smallest absolute Gasteiger partial charge is 0.306 e. The summed E-state index contributed by atoms with van der Waals surface area (Å²) in [6.07, 6.45) is 5.34. The van der Waals surface area contributed by atoms with E-state index in [1.54, 1.807) is 24.7 Å². The van der Waals surface area contributed by atoms with E-state index in [0.717, 1.165) is 11.6 Å². The fraction of sp³-hybridized carbons (Fsp3) is 0.333. The molecule has 10 nitrogen and oxygen atoms in total. The third kappa shape index (κ3) is 7.85. The van der Waals surface area contributed by atoms with Gasteiger partial charge in [-0.05, 0) is 57.7 Å². The highest BCUT2D eigenvalue weighted by Gasteiger charge is 2.26. The standard InChI is InChI=1S/C30H33FN8O2/c1-19(13-27(40)41-30(3,4)5)25(14-21-9-7-6-8-10-21)37-29-24(31)15-22(17-32)28(38-29)36-23-16-26(20(2)33-18-23)39-34-11-12-35-39/h6-12,15-16,18-19,25H,13-14H2,1-5H3,(H2,36,37,38)/t19-,25-/m1/s1. The molecule has 2 atom stereocenters. The van der Waals surface area contributed by atoms with Gasteiger partial charge in [0.2, 0.25) is 0 Å². The number of hydrogen-bond donors (Lipinski definition) is 2. The number of esters is 1. The van der Waals surface area contributed by atoms with E-state index in [-0.39, 0.29) is 41.5 Å². The number of nitriles is 1. The van der Waals surface area contributed by atoms with Crippen LogP contribution in [-0.4, -0.2) is 42.6 Å². The first kappa shape index (κ1) is 29.1. The summed E-state index contributed by atoms with van der Waals surface area (Å²) in [5, 5.41) is 24.3. The number of ether oxygens (including phenoxy) is 1. The van der Waals surface area contributed by atoms with Crippen molar-refractivity contribution in [2.75, 3.05) is 10.6 Å². The Morgan fingerprint density at radius 1 is 1.15 bits per heavy atom. The largest absolute Gasteiger partial charge is 0.460 e. The first-order valence-electron chi connectivity index (χ1n) is 13.3. The molecular formula is C30H33FN8O2. The van der Waals surface area contributed by atoms with Gasteiger partial charge in [-0.3, -0.25) is 9.78 Å². The summed E-state index contributed by atoms with van der Waals surface area (Å²) in [5.74, 6) is -1.14. The zero-order valence-corrected chi connectivity index (χ0v) is 23.7. The van der Waals surface area contributed by atoms with Crippen molar-refractivity contribution in [1.29, 1.82) is 5.26 Å². The summed E-state index contributed by atoms with van der Waals surface area (Å²) < 4.78 is 20.8. The Balaban J connectivity index is 1.63. The number of aryl methyl sites for hydroxylation is 1. The number of hydrogen-bond acceptors (Lipinski definition) is 9. The van der Waals surface area contributed by atoms with Gasteiger partial charge in [0, 0.05) is 6.04 Å². The number of nitrogens with one attached hydrogen (secondary N) is 2. The molecule has 0 aliphatic rings. The van der Waals surface area contributed by atoms with Gasteiger partial charge in [-0.25, -0.2) is 9.37 Å². The predicted molar refractivity (Wildman–Crippen MR) is 153 cm³/mol. The molecule has 4 aromatic rings. The number of carbonyl (C=O) groups is 1. The second-order valence-corrected chi connectivity index (χ2v) is 10.8. The van der Waals surface area contributed by atoms with Crippen LogP contribution in [0, 0.1) is 30.0 Å². The van der Waals surface area contributed by atoms with Gasteiger partial charge >= 0.3 is 5.97 Å². The van der Waals surface area contributed by atoms with Gasteiger partial charge in [0.1, 0.15) is 17.4 Å². The second kappa shape index (κ2) is 12.6. The third-order valence-electron chi connectivity index (χ3n) is 6.27. The SMILES string of the molecule is Cc1ncc(Nc2nc(N[C@H](Cc3ccccc3)[C@H](C)CC(=O)OC(C)(C)C)c(F)cc2C#N)cc1-n1nccn1. The van der Waals surface area contributed by atoms with Gasteiger partial charge in [0.05, 0.1) is 42.0 Å². The molecule has 0 amide bonds. The molecule has 3 aromatic heterocycles. The molecule has 0 radical (unpaired) electrons. The fourth-order valence-corrected chi connectivity index (χ4v) is 4.27. The van der Waals surface area contributed by atoms with E-state index >= 15 is 4.39 Å². The Morgan fingerprint density at radius 2 is 1.85 bits per heavy atom. The number of carbonyl (C=O) groups excluding carboxylic acids is 1. The minimum Gasteiger partial charge on any atom is -0.460 e. The predicted octanol–water partition coefficient (Wildman–Crippen LogP) is 5.51. The average Bonchev–Trinajstić information content (AvgIpc) is 3.45. The van der Waals surface area contributed by atoms with Crippen LogP contribution < -0.4 is 10.6 Å². The Hall–Kier alpha value is -4.85. The highest BCUT2D eigenvalue weighted by atomic mass is 19.1. The van der Waals surface area contributed by atoms with Crippen LogP contribution in [0.25, 0.3) is 5.69 Å². The molecule has 11 heteroatoms. The Kier molecular flexibility index (Phi) is 8.92. The Labute approximate surface area is 238 Å². The van der Waals surface area contributed by atoms with Gasteiger partial charge in [-0.15, -0.1) is 4.80 Å². The molecule has 0 saturated heterocycles. The summed E-state index contributed by atoms with van der Waals surface area (Å²) >= 11 is 0. The number of nitrogens with zero attached hydrogens (tertiary/aromatic N) is 6. The summed E-state index contributed by atoms with van der Waals surface area (Å²) in [6, 6.07) is 14.2. The average molecular weight is 557 g/mol. The quantitative estimate of drug-likeness (QED) is 0.243. The van der Waals surface area contributed by atoms with Crippen molar-refractivity contribution in [1.82, 2.24) is 25.0 Å². The second-order valence-electron chi connectivity index (χ2n) is 10.8. The first-order valence-corrected chi connectivity index (χ1v) is 13.3. The van der Waals surface area contributed by atoms with Crippen LogP contribution in [0.15, 0.2) is 61.1 Å². The van der Waals surface area contributed by atoms with Crippen LogP contribution in [0.2, 0.25) is 0 Å². The fourth-order valence-electron chi connectivity index (χ4n) is 4.27. The maximum Gasteiger partial charge on any atom is 0.306 e. The van der Waals surface area contributed by atoms with Crippen LogP contribution in [0.4, 0.5) is 21.7 Å². The van der Waals surface area contributed by atoms with Crippen molar-refractivity contribution in [3.63, 3.8) is 0 Å². The molecule has 3 heterocycles. The molecule has 0 aliphatic heterocycles. The summed E-state index contributed by atoms with van der Waals surface area (Å²) in [4.78, 5) is 22.9. The van der Waals surface area contributed by atoms with Crippen molar-refractivity contribution >= 4 is 23.3 Å². The summed E-state index contributed by atoms with van der Waals surface area (Å²) in [5.41, 5.74) is 2.28. The van der Waals surface area contributed by atoms with Crippen LogP contribution in [0.5, 0.6) is 0 Å². The molecular weight excluding hydrogens is 523 g/mol. The molecule has 0 aliphatic carbocycles. The zero-order valence-electron chi connectivity index (χ0n) is 23.7. The highest BCUT2D eigenvalue weighted by Crippen LogP contribution is 2.27. The molecule has 0 fully saturated rings. The molecule has 0 unspecified atom stereocenters. The number of benzene rings is 1. The van der Waals surface area contributed by atoms with Crippen molar-refractivity contribution in [2.24, 2.45) is 5.92 Å². The van der Waals surface area contributed by atoms with Crippen LogP contribution >= 0.6 is 0 Å². The zero-order chi connectivity index (χ0) is 29.6. The highest BCUT2D eigenvalue weighted by molar-refractivity contribution is 5.70. The molecule has 0 bridgehead atoms. The van der Waals surface area contributed by atoms with Crippen molar-refractivity contribution in [3.8, 4) is 11.8 Å². The van der Waals surface area contributed by atoms with E-state index in [0.29, 0.717) is 23.5 Å². The molecule has 212 valence electrons. The summed E-state index contributed by atoms with van der Waals surface area (Å²) in [6.45, 7) is 9.19. The minimum atomic E-state index is -0.682. The molecule has 4 rings (SSSR count). The van der Waals surface area contributed by atoms with Gasteiger partial charge in [-0.2, -0.15) is 15.5 Å². The van der Waals surface area contributed by atoms with Crippen LogP contribution in [0.3, 0.4) is 0 Å². The number of halogens is 1. The normalized spacial score (nSPS) is 12.7. The van der Waals surface area contributed by atoms with Crippen molar-refractivity contribution in [2.45, 2.75) is 59.1 Å². The lowest BCUT2D eigenvalue weighted by molar-refractivity contribution is -0.155. The molecule has 0 saturated carbocycles. The van der Waals surface area contributed by atoms with E-state index in [2.05, 4.69) is 30.8 Å². The summed E-state index contributed by atoms with van der Waals surface area (Å²) in [7, 11) is 0. The van der Waals surface area contributed by atoms with Gasteiger partial charge in [0.15, 0.2) is 17.5 Å². The van der Waals surface area contributed by atoms with Crippen molar-refractivity contribution in [3.05, 3.63) is 83.7 Å². The van der Waals surface area contributed by atoms with Crippen LogP contribution in [-0.2, 0) is 16.0 Å². The van der Waals surface area contributed by atoms with Gasteiger partial charge in [-0.1, -0.05) is 37.3 Å². The molecule has 0 spiro atoms. The van der Waals surface area contributed by atoms with E-state index in [4.69, 9.17) is 4.74 Å². The Bertz CT molecular complexity index is 1530. The number of aromatic nitrogens is 5. The molecule has 41 heavy (non-hydrogen) atoms. The van der Waals surface area contributed by atoms with Crippen LogP contribution in [0.1, 0.15) is 50.9 Å². The maximum absolute atomic E-state index is 15.3. The van der Waals surface area contributed by atoms with E-state index in [1.165, 1.54) is 4.80 Å². The van der Waals surface area contributed by atoms with Crippen molar-refractivity contribution < 1.29 is 13.9 Å². The maximum atomic E-state index is 15.3. The van der Waals surface area contributed by atoms with Gasteiger partial charge < -0.3 is 15.4 Å². The van der Waals surface area contributed by atoms with E-state index < -0.39 is 11.4 Å². The Morgan fingerprint density at radius 3 is 2.51 bits per heavy atom. The van der Waals surface area contributed by atoms with E-state index in [9.17, 15) is 10.1 Å². The lowest BCUT2D eigenvalue weighted by Gasteiger charge is -2.27. The monoisotopic (exact) mass is 556 g/mol. The molecule has 1 aromatic carbocycles. The first-order chi connectivity index (χ1) is 19.5. The van der Waals surface area contributed by atoms with E-state index in [1.807, 2.05) is 71.0 Å². The van der Waals surface area contributed by atoms with Gasteiger partial charge in [0.25, 0.3) is 0 Å². The molecule has 2 N–H and O–H groups in total. The topological polar surface area (TPSA) is 131 Å². The number of rotatable bonds is 10. The lowest BCUT2D eigenvalue weighted by Crippen LogP contribution is -2.34. The number of anilines is 3. The lowest BCUT2D eigenvalue weighted by atomic mass is 9.92. The number of pyridine rings is 2. The third-order valence-corrected chi connectivity index (χ3v) is 6.27.